The van der Waals surface area contributed by atoms with E-state index >= 15 is 0 Å². The van der Waals surface area contributed by atoms with Gasteiger partial charge < -0.3 is 9.42 Å². The molecule has 6 heteroatoms. The van der Waals surface area contributed by atoms with Crippen molar-refractivity contribution in [1.29, 1.82) is 0 Å². The van der Waals surface area contributed by atoms with E-state index in [2.05, 4.69) is 20.0 Å². The molecule has 2 aliphatic heterocycles. The van der Waals surface area contributed by atoms with Crippen molar-refractivity contribution in [3.05, 3.63) is 36.0 Å². The second-order valence-electron chi connectivity index (χ2n) is 8.07. The minimum Gasteiger partial charge on any atom is -0.339 e. The van der Waals surface area contributed by atoms with Crippen LogP contribution in [-0.2, 0) is 10.8 Å². The van der Waals surface area contributed by atoms with Crippen LogP contribution in [0.15, 0.2) is 23.1 Å². The summed E-state index contributed by atoms with van der Waals surface area (Å²) in [5, 5.41) is 4.49. The largest absolute Gasteiger partial charge is 0.339 e. The lowest BCUT2D eigenvalue weighted by molar-refractivity contribution is 0.0711. The molecule has 4 heterocycles. The molecule has 0 aromatic carbocycles. The third kappa shape index (κ3) is 2.41. The van der Waals surface area contributed by atoms with Gasteiger partial charge in [0.1, 0.15) is 0 Å². The van der Waals surface area contributed by atoms with Crippen LogP contribution in [0.3, 0.4) is 0 Å². The summed E-state index contributed by atoms with van der Waals surface area (Å²) in [6, 6.07) is 0. The van der Waals surface area contributed by atoms with E-state index in [4.69, 9.17) is 9.51 Å². The summed E-state index contributed by atoms with van der Waals surface area (Å²) in [6.45, 7) is 3.51. The van der Waals surface area contributed by atoms with Crippen LogP contribution in [-0.4, -0.2) is 44.6 Å². The second-order valence-corrected chi connectivity index (χ2v) is 8.07. The SMILES string of the molecule is c1cnc(C2(c3noc(C45CCCN(CCC4)C5)n3)CCCC2)cn1. The lowest BCUT2D eigenvalue weighted by atomic mass is 9.73. The minimum atomic E-state index is -0.213. The maximum atomic E-state index is 5.90. The van der Waals surface area contributed by atoms with E-state index in [1.54, 1.807) is 12.4 Å². The molecule has 0 amide bonds. The third-order valence-electron chi connectivity index (χ3n) is 6.60. The van der Waals surface area contributed by atoms with Gasteiger partial charge in [0.15, 0.2) is 5.82 Å². The van der Waals surface area contributed by atoms with Crippen molar-refractivity contribution in [3.63, 3.8) is 0 Å². The molecule has 6 nitrogen and oxygen atoms in total. The fraction of sp³-hybridized carbons (Fsp3) is 0.684. The summed E-state index contributed by atoms with van der Waals surface area (Å²) in [7, 11) is 0. The van der Waals surface area contributed by atoms with Crippen LogP contribution in [0.1, 0.15) is 68.8 Å². The van der Waals surface area contributed by atoms with Crippen LogP contribution in [0.5, 0.6) is 0 Å². The molecule has 1 saturated carbocycles. The molecular formula is C19H25N5O. The summed E-state index contributed by atoms with van der Waals surface area (Å²) in [6.07, 6.45) is 14.6. The standard InChI is InChI=1S/C19H25N5O/c1-2-8-19(7-1,15-13-20-9-10-21-15)16-22-17(25-23-16)18-5-3-11-24(14-18)12-4-6-18/h9-10,13H,1-8,11-12,14H2. The molecule has 5 rings (SSSR count). The summed E-state index contributed by atoms with van der Waals surface area (Å²) in [5.41, 5.74) is 0.853. The average Bonchev–Trinajstić information content (AvgIpc) is 3.33. The Hall–Kier alpha value is -1.82. The topological polar surface area (TPSA) is 67.9 Å². The highest BCUT2D eigenvalue weighted by Gasteiger charge is 2.47. The molecule has 3 fully saturated rings. The zero-order valence-electron chi connectivity index (χ0n) is 14.7. The Bertz CT molecular complexity index is 727. The van der Waals surface area contributed by atoms with Gasteiger partial charge in [0, 0.05) is 25.1 Å². The van der Waals surface area contributed by atoms with Gasteiger partial charge in [-0.25, -0.2) is 0 Å². The highest BCUT2D eigenvalue weighted by Crippen LogP contribution is 2.46. The zero-order chi connectivity index (χ0) is 16.7. The van der Waals surface area contributed by atoms with E-state index in [-0.39, 0.29) is 10.8 Å². The van der Waals surface area contributed by atoms with Gasteiger partial charge in [-0.3, -0.25) is 9.97 Å². The Morgan fingerprint density at radius 3 is 2.48 bits per heavy atom. The van der Waals surface area contributed by atoms with E-state index < -0.39 is 0 Å². The molecule has 25 heavy (non-hydrogen) atoms. The van der Waals surface area contributed by atoms with Crippen molar-refractivity contribution in [3.8, 4) is 0 Å². The summed E-state index contributed by atoms with van der Waals surface area (Å²) in [4.78, 5) is 16.5. The number of hydrogen-bond acceptors (Lipinski definition) is 6. The van der Waals surface area contributed by atoms with Gasteiger partial charge in [0.25, 0.3) is 0 Å². The maximum absolute atomic E-state index is 5.90. The van der Waals surface area contributed by atoms with E-state index in [0.29, 0.717) is 0 Å². The molecular weight excluding hydrogens is 314 g/mol. The molecule has 132 valence electrons. The number of hydrogen-bond donors (Lipinski definition) is 0. The molecule has 2 aromatic heterocycles. The molecule has 1 aliphatic carbocycles. The van der Waals surface area contributed by atoms with Crippen molar-refractivity contribution in [2.24, 2.45) is 0 Å². The van der Waals surface area contributed by atoms with Crippen molar-refractivity contribution in [2.45, 2.75) is 62.2 Å². The first kappa shape index (κ1) is 15.4. The van der Waals surface area contributed by atoms with E-state index in [0.717, 1.165) is 36.8 Å². The molecule has 3 aliphatic rings. The van der Waals surface area contributed by atoms with Gasteiger partial charge in [0.2, 0.25) is 5.89 Å². The van der Waals surface area contributed by atoms with Crippen LogP contribution in [0.25, 0.3) is 0 Å². The minimum absolute atomic E-state index is 0.0733. The van der Waals surface area contributed by atoms with E-state index in [1.807, 2.05) is 6.20 Å². The number of rotatable bonds is 3. The van der Waals surface area contributed by atoms with Crippen molar-refractivity contribution in [2.75, 3.05) is 19.6 Å². The molecule has 0 N–H and O–H groups in total. The van der Waals surface area contributed by atoms with E-state index in [9.17, 15) is 0 Å². The quantitative estimate of drug-likeness (QED) is 0.856. The fourth-order valence-electron chi connectivity index (χ4n) is 5.30. The highest BCUT2D eigenvalue weighted by atomic mass is 16.5. The van der Waals surface area contributed by atoms with Gasteiger partial charge in [-0.05, 0) is 51.6 Å². The van der Waals surface area contributed by atoms with Gasteiger partial charge in [-0.2, -0.15) is 4.98 Å². The summed E-state index contributed by atoms with van der Waals surface area (Å²) < 4.78 is 5.90. The maximum Gasteiger partial charge on any atom is 0.234 e. The Morgan fingerprint density at radius 1 is 0.960 bits per heavy atom. The van der Waals surface area contributed by atoms with Crippen LogP contribution in [0.2, 0.25) is 0 Å². The van der Waals surface area contributed by atoms with Crippen molar-refractivity contribution < 1.29 is 4.52 Å². The first-order valence-electron chi connectivity index (χ1n) is 9.64. The molecule has 2 saturated heterocycles. The Morgan fingerprint density at radius 2 is 1.76 bits per heavy atom. The first-order valence-corrected chi connectivity index (χ1v) is 9.64. The molecule has 2 aromatic rings. The summed E-state index contributed by atoms with van der Waals surface area (Å²) >= 11 is 0. The smallest absolute Gasteiger partial charge is 0.234 e. The molecule has 0 radical (unpaired) electrons. The van der Waals surface area contributed by atoms with Gasteiger partial charge >= 0.3 is 0 Å². The van der Waals surface area contributed by atoms with E-state index in [1.165, 1.54) is 51.6 Å². The third-order valence-corrected chi connectivity index (χ3v) is 6.60. The lowest BCUT2D eigenvalue weighted by Crippen LogP contribution is -2.50. The van der Waals surface area contributed by atoms with Crippen LogP contribution >= 0.6 is 0 Å². The monoisotopic (exact) mass is 339 g/mol. The summed E-state index contributed by atoms with van der Waals surface area (Å²) in [5.74, 6) is 1.69. The normalized spacial score (nSPS) is 31.1. The Labute approximate surface area is 148 Å². The second kappa shape index (κ2) is 5.87. The van der Waals surface area contributed by atoms with Crippen LogP contribution in [0, 0.1) is 0 Å². The lowest BCUT2D eigenvalue weighted by Gasteiger charge is -2.44. The Balaban J connectivity index is 1.53. The van der Waals surface area contributed by atoms with Gasteiger partial charge in [-0.15, -0.1) is 0 Å². The van der Waals surface area contributed by atoms with Crippen molar-refractivity contribution >= 4 is 0 Å². The fourth-order valence-corrected chi connectivity index (χ4v) is 5.30. The molecule has 0 spiro atoms. The average molecular weight is 339 g/mol. The van der Waals surface area contributed by atoms with Crippen LogP contribution in [0.4, 0.5) is 0 Å². The molecule has 0 unspecified atom stereocenters. The number of nitrogens with zero attached hydrogens (tertiary/aromatic N) is 5. The number of aromatic nitrogens is 4. The number of fused-ring (bicyclic) bond motifs is 2. The molecule has 2 bridgehead atoms. The van der Waals surface area contributed by atoms with Gasteiger partial charge in [-0.1, -0.05) is 18.0 Å². The predicted octanol–water partition coefficient (Wildman–Crippen LogP) is 2.85. The van der Waals surface area contributed by atoms with Crippen LogP contribution < -0.4 is 0 Å². The van der Waals surface area contributed by atoms with Crippen molar-refractivity contribution in [1.82, 2.24) is 25.0 Å². The first-order chi connectivity index (χ1) is 12.3. The zero-order valence-corrected chi connectivity index (χ0v) is 14.7. The Kier molecular flexibility index (Phi) is 3.62. The highest BCUT2D eigenvalue weighted by molar-refractivity contribution is 5.27. The predicted molar refractivity (Wildman–Crippen MR) is 92.2 cm³/mol. The van der Waals surface area contributed by atoms with Gasteiger partial charge in [0.05, 0.1) is 16.5 Å². The number of piperidine rings is 2. The molecule has 0 atom stereocenters.